The molecule has 1 aromatic carbocycles. The molecule has 2 aliphatic rings. The molecule has 1 amide bonds. The molecular formula is C23H37N5O4. The van der Waals surface area contributed by atoms with Gasteiger partial charge < -0.3 is 29.3 Å². The molecule has 2 aliphatic heterocycles. The molecule has 9 nitrogen and oxygen atoms in total. The molecule has 2 heterocycles. The number of nitrogens with zero attached hydrogens (tertiary/aromatic N) is 4. The van der Waals surface area contributed by atoms with Crippen molar-refractivity contribution in [2.45, 2.75) is 32.4 Å². The predicted octanol–water partition coefficient (Wildman–Crippen LogP) is 1.42. The number of nitrogens with one attached hydrogen (secondary N) is 1. The second-order valence-electron chi connectivity index (χ2n) is 8.13. The molecule has 0 bridgehead atoms. The molecule has 1 unspecified atom stereocenters. The summed E-state index contributed by atoms with van der Waals surface area (Å²) < 4.78 is 16.4. The summed E-state index contributed by atoms with van der Waals surface area (Å²) in [6, 6.07) is 3.77. The first-order valence-electron chi connectivity index (χ1n) is 11.3. The Labute approximate surface area is 191 Å². The Morgan fingerprint density at radius 3 is 2.19 bits per heavy atom. The quantitative estimate of drug-likeness (QED) is 0.500. The van der Waals surface area contributed by atoms with E-state index < -0.39 is 0 Å². The maximum atomic E-state index is 12.7. The third kappa shape index (κ3) is 5.20. The molecule has 3 rings (SSSR count). The molecule has 178 valence electrons. The summed E-state index contributed by atoms with van der Waals surface area (Å²) in [4.78, 5) is 23.7. The molecule has 9 heteroatoms. The van der Waals surface area contributed by atoms with Gasteiger partial charge in [-0.15, -0.1) is 0 Å². The van der Waals surface area contributed by atoms with Crippen LogP contribution in [0.4, 0.5) is 0 Å². The Morgan fingerprint density at radius 2 is 1.62 bits per heavy atom. The van der Waals surface area contributed by atoms with E-state index in [1.807, 2.05) is 24.0 Å². The van der Waals surface area contributed by atoms with Crippen molar-refractivity contribution >= 4 is 11.9 Å². The van der Waals surface area contributed by atoms with Crippen LogP contribution in [0, 0.1) is 0 Å². The lowest BCUT2D eigenvalue weighted by molar-refractivity contribution is -0.135. The van der Waals surface area contributed by atoms with E-state index in [1.165, 1.54) is 0 Å². The minimum absolute atomic E-state index is 0.0683. The van der Waals surface area contributed by atoms with Crippen LogP contribution in [0.25, 0.3) is 0 Å². The van der Waals surface area contributed by atoms with Gasteiger partial charge in [-0.05, 0) is 31.9 Å². The van der Waals surface area contributed by atoms with Gasteiger partial charge in [0.15, 0.2) is 17.5 Å². The number of methoxy groups -OCH3 is 3. The van der Waals surface area contributed by atoms with E-state index in [-0.39, 0.29) is 11.9 Å². The van der Waals surface area contributed by atoms with Crippen molar-refractivity contribution in [3.63, 3.8) is 0 Å². The van der Waals surface area contributed by atoms with Gasteiger partial charge in [-0.3, -0.25) is 14.7 Å². The van der Waals surface area contributed by atoms with Gasteiger partial charge in [0.2, 0.25) is 11.7 Å². The monoisotopic (exact) mass is 447 g/mol. The summed E-state index contributed by atoms with van der Waals surface area (Å²) in [5.41, 5.74) is 0.953. The average molecular weight is 448 g/mol. The standard InChI is InChI=1S/C23H37N5O4/c1-17(22(29)27-10-6-7-11-27)26-12-14-28(15-13-26)23(24-2)25-16-18-8-9-19(30-3)21(32-5)20(18)31-4/h8-9,17H,6-7,10-16H2,1-5H3,(H,24,25). The number of carbonyl (C=O) groups is 1. The van der Waals surface area contributed by atoms with Crippen LogP contribution in [-0.4, -0.2) is 100 Å². The molecule has 32 heavy (non-hydrogen) atoms. The van der Waals surface area contributed by atoms with Crippen molar-refractivity contribution in [1.82, 2.24) is 20.0 Å². The molecule has 0 aromatic heterocycles. The van der Waals surface area contributed by atoms with Gasteiger partial charge in [0.05, 0.1) is 27.4 Å². The number of aliphatic imine (C=N–C) groups is 1. The first-order valence-corrected chi connectivity index (χ1v) is 11.3. The lowest BCUT2D eigenvalue weighted by atomic mass is 10.1. The molecule has 1 N–H and O–H groups in total. The van der Waals surface area contributed by atoms with Crippen molar-refractivity contribution in [1.29, 1.82) is 0 Å². The van der Waals surface area contributed by atoms with Crippen LogP contribution in [0.1, 0.15) is 25.3 Å². The zero-order chi connectivity index (χ0) is 23.1. The fourth-order valence-corrected chi connectivity index (χ4v) is 4.49. The number of benzene rings is 1. The van der Waals surface area contributed by atoms with Crippen LogP contribution in [0.15, 0.2) is 17.1 Å². The highest BCUT2D eigenvalue weighted by Crippen LogP contribution is 2.39. The maximum Gasteiger partial charge on any atom is 0.239 e. The van der Waals surface area contributed by atoms with Crippen molar-refractivity contribution < 1.29 is 19.0 Å². The number of amides is 1. The summed E-state index contributed by atoms with van der Waals surface area (Å²) >= 11 is 0. The summed E-state index contributed by atoms with van der Waals surface area (Å²) in [6.07, 6.45) is 2.25. The van der Waals surface area contributed by atoms with E-state index in [2.05, 4.69) is 20.1 Å². The fourth-order valence-electron chi connectivity index (χ4n) is 4.49. The third-order valence-corrected chi connectivity index (χ3v) is 6.37. The SMILES string of the molecule is CN=C(NCc1ccc(OC)c(OC)c1OC)N1CCN(C(C)C(=O)N2CCCC2)CC1. The highest BCUT2D eigenvalue weighted by Gasteiger charge is 2.30. The van der Waals surface area contributed by atoms with Crippen LogP contribution in [-0.2, 0) is 11.3 Å². The van der Waals surface area contributed by atoms with E-state index in [4.69, 9.17) is 14.2 Å². The molecule has 0 aliphatic carbocycles. The van der Waals surface area contributed by atoms with Gasteiger partial charge in [-0.1, -0.05) is 0 Å². The zero-order valence-corrected chi connectivity index (χ0v) is 20.0. The molecule has 0 radical (unpaired) electrons. The largest absolute Gasteiger partial charge is 0.493 e. The predicted molar refractivity (Wildman–Crippen MR) is 125 cm³/mol. The second-order valence-corrected chi connectivity index (χ2v) is 8.13. The third-order valence-electron chi connectivity index (χ3n) is 6.37. The summed E-state index contributed by atoms with van der Waals surface area (Å²) in [5.74, 6) is 2.95. The molecule has 2 saturated heterocycles. The van der Waals surface area contributed by atoms with Gasteiger partial charge in [-0.2, -0.15) is 0 Å². The Bertz CT molecular complexity index is 802. The summed E-state index contributed by atoms with van der Waals surface area (Å²) in [7, 11) is 6.63. The number of guanidine groups is 1. The van der Waals surface area contributed by atoms with Crippen LogP contribution in [0.5, 0.6) is 17.2 Å². The van der Waals surface area contributed by atoms with Crippen LogP contribution >= 0.6 is 0 Å². The minimum atomic E-state index is -0.0683. The Hall–Kier alpha value is -2.68. The van der Waals surface area contributed by atoms with Crippen LogP contribution < -0.4 is 19.5 Å². The van der Waals surface area contributed by atoms with Crippen LogP contribution in [0.2, 0.25) is 0 Å². The molecule has 0 saturated carbocycles. The minimum Gasteiger partial charge on any atom is -0.493 e. The van der Waals surface area contributed by atoms with Crippen molar-refractivity contribution in [3.05, 3.63) is 17.7 Å². The Kier molecular flexibility index (Phi) is 8.44. The van der Waals surface area contributed by atoms with Gasteiger partial charge in [0.25, 0.3) is 0 Å². The number of ether oxygens (including phenoxy) is 3. The van der Waals surface area contributed by atoms with Gasteiger partial charge in [-0.25, -0.2) is 0 Å². The highest BCUT2D eigenvalue weighted by atomic mass is 16.5. The summed E-state index contributed by atoms with van der Waals surface area (Å²) in [6.45, 7) is 7.69. The molecule has 1 atom stereocenters. The lowest BCUT2D eigenvalue weighted by Crippen LogP contribution is -2.57. The fraction of sp³-hybridized carbons (Fsp3) is 0.652. The normalized spacial score (nSPS) is 18.5. The Balaban J connectivity index is 1.57. The molecular weight excluding hydrogens is 410 g/mol. The van der Waals surface area contributed by atoms with Crippen molar-refractivity contribution in [2.24, 2.45) is 4.99 Å². The highest BCUT2D eigenvalue weighted by molar-refractivity contribution is 5.82. The van der Waals surface area contributed by atoms with E-state index in [0.717, 1.165) is 63.6 Å². The van der Waals surface area contributed by atoms with Crippen molar-refractivity contribution in [2.75, 3.05) is 67.6 Å². The molecule has 2 fully saturated rings. The number of hydrogen-bond donors (Lipinski definition) is 1. The zero-order valence-electron chi connectivity index (χ0n) is 20.0. The number of rotatable bonds is 7. The second kappa shape index (κ2) is 11.3. The maximum absolute atomic E-state index is 12.7. The van der Waals surface area contributed by atoms with Gasteiger partial charge >= 0.3 is 0 Å². The average Bonchev–Trinajstić information content (AvgIpc) is 3.38. The molecule has 1 aromatic rings. The van der Waals surface area contributed by atoms with E-state index in [0.29, 0.717) is 23.8 Å². The number of carbonyl (C=O) groups excluding carboxylic acids is 1. The summed E-state index contributed by atoms with van der Waals surface area (Å²) in [5, 5.41) is 3.44. The lowest BCUT2D eigenvalue weighted by Gasteiger charge is -2.39. The van der Waals surface area contributed by atoms with Gasteiger partial charge in [0.1, 0.15) is 0 Å². The van der Waals surface area contributed by atoms with E-state index in [9.17, 15) is 4.79 Å². The van der Waals surface area contributed by atoms with E-state index >= 15 is 0 Å². The van der Waals surface area contributed by atoms with Crippen LogP contribution in [0.3, 0.4) is 0 Å². The topological polar surface area (TPSA) is 78.9 Å². The Morgan fingerprint density at radius 1 is 0.969 bits per heavy atom. The van der Waals surface area contributed by atoms with E-state index in [1.54, 1.807) is 28.4 Å². The van der Waals surface area contributed by atoms with Crippen molar-refractivity contribution in [3.8, 4) is 17.2 Å². The first kappa shape index (κ1) is 24.0. The number of likely N-dealkylation sites (tertiary alicyclic amines) is 1. The first-order chi connectivity index (χ1) is 15.5. The molecule has 0 spiro atoms. The number of hydrogen-bond acceptors (Lipinski definition) is 6. The smallest absolute Gasteiger partial charge is 0.239 e. The number of piperazine rings is 1. The van der Waals surface area contributed by atoms with Gasteiger partial charge in [0, 0.05) is 58.4 Å².